The zero-order chi connectivity index (χ0) is 32.1. The number of likely N-dealkylation sites (tertiary alicyclic amines) is 1. The van der Waals surface area contributed by atoms with Crippen LogP contribution < -0.4 is 25.5 Å². The van der Waals surface area contributed by atoms with Crippen molar-refractivity contribution in [2.45, 2.75) is 62.6 Å². The first-order chi connectivity index (χ1) is 21.6. The largest absolute Gasteiger partial charge is 0.497 e. The lowest BCUT2D eigenvalue weighted by Gasteiger charge is -2.37. The van der Waals surface area contributed by atoms with Gasteiger partial charge in [0.25, 0.3) is 11.5 Å². The summed E-state index contributed by atoms with van der Waals surface area (Å²) >= 11 is 0. The SMILES string of the molecule is COc1ccc([Si](C)(C)[C@@H]2[C@@H](CC(=O)N3CCC[C@H]3CO)O[C@]3(C(=O)Nc4ccc(-n5cccc(OC)c5=O)cc43)[C@H]2C)cc1. The molecule has 3 aromatic rings. The molecule has 2 amide bonds. The molecule has 10 nitrogen and oxygen atoms in total. The van der Waals surface area contributed by atoms with E-state index in [2.05, 4.69) is 37.5 Å². The number of pyridine rings is 1. The van der Waals surface area contributed by atoms with Gasteiger partial charge in [-0.1, -0.05) is 37.3 Å². The van der Waals surface area contributed by atoms with Crippen LogP contribution in [-0.2, 0) is 19.9 Å². The van der Waals surface area contributed by atoms with Gasteiger partial charge in [0.15, 0.2) is 11.4 Å². The van der Waals surface area contributed by atoms with Crippen molar-refractivity contribution in [1.82, 2.24) is 9.47 Å². The minimum Gasteiger partial charge on any atom is -0.497 e. The molecule has 0 bridgehead atoms. The van der Waals surface area contributed by atoms with E-state index in [1.807, 2.05) is 18.2 Å². The van der Waals surface area contributed by atoms with Crippen molar-refractivity contribution < 1.29 is 28.9 Å². The molecule has 3 aliphatic rings. The van der Waals surface area contributed by atoms with Crippen molar-refractivity contribution in [3.63, 3.8) is 0 Å². The fraction of sp³-hybridized carbons (Fsp3) is 0.441. The molecule has 2 N–H and O–H groups in total. The van der Waals surface area contributed by atoms with Gasteiger partial charge in [-0.05, 0) is 60.8 Å². The van der Waals surface area contributed by atoms with E-state index >= 15 is 0 Å². The highest BCUT2D eigenvalue weighted by molar-refractivity contribution is 6.91. The molecule has 0 saturated carbocycles. The van der Waals surface area contributed by atoms with Crippen LogP contribution in [-0.4, -0.2) is 74.0 Å². The second-order valence-electron chi connectivity index (χ2n) is 12.9. The number of hydrogen-bond donors (Lipinski definition) is 2. The van der Waals surface area contributed by atoms with Gasteiger partial charge >= 0.3 is 0 Å². The normalized spacial score (nSPS) is 25.8. The summed E-state index contributed by atoms with van der Waals surface area (Å²) < 4.78 is 19.1. The standard InChI is InChI=1S/C34H41N3O7Si/c1-21-31(45(4,5)25-13-11-24(42-2)12-14-25)29(19-30(39)36-16-6-8-23(36)20-38)44-34(21)26-18-22(10-15-27(26)35-33(34)41)37-17-7-9-28(43-3)32(37)40/h7,9-15,17-18,21,23,29,31,38H,6,8,16,19-20H2,1-5H3,(H,35,41)/t21-,23-,29+,31-,34+/m0/s1. The molecule has 2 saturated heterocycles. The zero-order valence-corrected chi connectivity index (χ0v) is 27.4. The molecule has 1 aromatic heterocycles. The third-order valence-corrected chi connectivity index (χ3v) is 14.6. The first-order valence-corrected chi connectivity index (χ1v) is 18.6. The Kier molecular flexibility index (Phi) is 8.13. The van der Waals surface area contributed by atoms with E-state index in [4.69, 9.17) is 14.2 Å². The molecule has 11 heteroatoms. The maximum atomic E-state index is 14.1. The van der Waals surface area contributed by atoms with Gasteiger partial charge < -0.3 is 29.5 Å². The number of carbonyl (C=O) groups is 2. The number of ether oxygens (including phenoxy) is 3. The van der Waals surface area contributed by atoms with Crippen LogP contribution in [0, 0.1) is 5.92 Å². The molecule has 0 radical (unpaired) electrons. The molecule has 0 aliphatic carbocycles. The number of nitrogens with zero attached hydrogens (tertiary/aromatic N) is 2. The minimum atomic E-state index is -2.44. The summed E-state index contributed by atoms with van der Waals surface area (Å²) in [4.78, 5) is 42.8. The van der Waals surface area contributed by atoms with Crippen LogP contribution in [0.2, 0.25) is 18.6 Å². The van der Waals surface area contributed by atoms with E-state index in [1.165, 1.54) is 16.9 Å². The number of aliphatic hydroxyl groups excluding tert-OH is 1. The van der Waals surface area contributed by atoms with Gasteiger partial charge in [-0.2, -0.15) is 0 Å². The van der Waals surface area contributed by atoms with Gasteiger partial charge in [-0.25, -0.2) is 0 Å². The van der Waals surface area contributed by atoms with E-state index in [0.717, 1.165) is 18.6 Å². The van der Waals surface area contributed by atoms with Crippen molar-refractivity contribution in [2.24, 2.45) is 5.92 Å². The molecule has 5 atom stereocenters. The summed E-state index contributed by atoms with van der Waals surface area (Å²) in [5.41, 5.74) is 0.0637. The van der Waals surface area contributed by atoms with Gasteiger partial charge in [0.1, 0.15) is 5.75 Å². The van der Waals surface area contributed by atoms with Crippen molar-refractivity contribution in [3.05, 3.63) is 76.7 Å². The molecule has 4 heterocycles. The number of anilines is 1. The first-order valence-electron chi connectivity index (χ1n) is 15.5. The quantitative estimate of drug-likeness (QED) is 0.366. The summed E-state index contributed by atoms with van der Waals surface area (Å²) in [6.07, 6.45) is 2.85. The molecule has 2 aromatic carbocycles. The van der Waals surface area contributed by atoms with Crippen molar-refractivity contribution >= 4 is 30.8 Å². The van der Waals surface area contributed by atoms with E-state index in [1.54, 1.807) is 42.5 Å². The molecule has 6 rings (SSSR count). The zero-order valence-electron chi connectivity index (χ0n) is 26.4. The Bertz CT molecular complexity index is 1670. The highest BCUT2D eigenvalue weighted by Gasteiger charge is 2.65. The Balaban J connectivity index is 1.45. The second kappa shape index (κ2) is 11.8. The van der Waals surface area contributed by atoms with Crippen molar-refractivity contribution in [3.8, 4) is 17.2 Å². The Labute approximate surface area is 263 Å². The monoisotopic (exact) mass is 631 g/mol. The lowest BCUT2D eigenvalue weighted by molar-refractivity contribution is -0.148. The van der Waals surface area contributed by atoms with Crippen molar-refractivity contribution in [1.29, 1.82) is 0 Å². The predicted molar refractivity (Wildman–Crippen MR) is 173 cm³/mol. The number of aromatic nitrogens is 1. The molecule has 45 heavy (non-hydrogen) atoms. The Morgan fingerprint density at radius 3 is 2.56 bits per heavy atom. The smallest absolute Gasteiger partial charge is 0.297 e. The second-order valence-corrected chi connectivity index (χ2v) is 17.5. The van der Waals surface area contributed by atoms with Crippen LogP contribution in [0.1, 0.15) is 31.7 Å². The van der Waals surface area contributed by atoms with Crippen LogP contribution in [0.15, 0.2) is 65.6 Å². The summed E-state index contributed by atoms with van der Waals surface area (Å²) in [5.74, 6) is 0.330. The highest BCUT2D eigenvalue weighted by Crippen LogP contribution is 2.58. The summed E-state index contributed by atoms with van der Waals surface area (Å²) in [6, 6.07) is 16.6. The number of amides is 2. The van der Waals surface area contributed by atoms with E-state index in [0.29, 0.717) is 23.5 Å². The van der Waals surface area contributed by atoms with Crippen LogP contribution in [0.25, 0.3) is 5.69 Å². The summed E-state index contributed by atoms with van der Waals surface area (Å²) in [7, 11) is 0.656. The van der Waals surface area contributed by atoms with E-state index in [-0.39, 0.29) is 53.7 Å². The van der Waals surface area contributed by atoms with Gasteiger partial charge in [0.2, 0.25) is 5.91 Å². The third-order valence-electron chi connectivity index (χ3n) is 10.3. The number of benzene rings is 2. The molecular formula is C34H41N3O7Si. The topological polar surface area (TPSA) is 119 Å². The Hall–Kier alpha value is -3.93. The molecule has 0 unspecified atom stereocenters. The fourth-order valence-electron chi connectivity index (χ4n) is 7.95. The third kappa shape index (κ3) is 4.97. The van der Waals surface area contributed by atoms with Gasteiger partial charge in [0, 0.05) is 35.6 Å². The number of methoxy groups -OCH3 is 2. The number of aliphatic hydroxyl groups is 1. The number of hydrogen-bond acceptors (Lipinski definition) is 7. The average molecular weight is 632 g/mol. The molecule has 238 valence electrons. The van der Waals surface area contributed by atoms with Crippen LogP contribution in [0.4, 0.5) is 5.69 Å². The maximum absolute atomic E-state index is 14.1. The predicted octanol–water partition coefficient (Wildman–Crippen LogP) is 3.40. The number of rotatable bonds is 8. The molecule has 3 aliphatic heterocycles. The van der Waals surface area contributed by atoms with E-state index in [9.17, 15) is 19.5 Å². The average Bonchev–Trinajstić information content (AvgIpc) is 3.72. The number of fused-ring (bicyclic) bond motifs is 2. The molecule has 1 spiro atoms. The summed E-state index contributed by atoms with van der Waals surface area (Å²) in [6.45, 7) is 7.11. The minimum absolute atomic E-state index is 0.0688. The maximum Gasteiger partial charge on any atom is 0.297 e. The van der Waals surface area contributed by atoms with Gasteiger partial charge in [-0.3, -0.25) is 19.0 Å². The van der Waals surface area contributed by atoms with Crippen LogP contribution in [0.5, 0.6) is 11.5 Å². The van der Waals surface area contributed by atoms with Gasteiger partial charge in [-0.15, -0.1) is 0 Å². The van der Waals surface area contributed by atoms with Crippen LogP contribution >= 0.6 is 0 Å². The number of nitrogens with one attached hydrogen (secondary N) is 1. The van der Waals surface area contributed by atoms with E-state index < -0.39 is 19.8 Å². The molecular weight excluding hydrogens is 590 g/mol. The molecule has 2 fully saturated rings. The number of carbonyl (C=O) groups excluding carboxylic acids is 2. The fourth-order valence-corrected chi connectivity index (χ4v) is 12.0. The highest BCUT2D eigenvalue weighted by atomic mass is 28.3. The lowest BCUT2D eigenvalue weighted by atomic mass is 9.82. The lowest BCUT2D eigenvalue weighted by Crippen LogP contribution is -2.52. The summed E-state index contributed by atoms with van der Waals surface area (Å²) in [5, 5.41) is 14.1. The van der Waals surface area contributed by atoms with Crippen LogP contribution in [0.3, 0.4) is 0 Å². The van der Waals surface area contributed by atoms with Crippen molar-refractivity contribution in [2.75, 3.05) is 32.7 Å². The van der Waals surface area contributed by atoms with Gasteiger partial charge in [0.05, 0.1) is 47.5 Å². The Morgan fingerprint density at radius 1 is 1.11 bits per heavy atom. The first kappa shape index (κ1) is 31.1. The Morgan fingerprint density at radius 2 is 1.87 bits per heavy atom.